The molecule has 0 N–H and O–H groups in total. The summed E-state index contributed by atoms with van der Waals surface area (Å²) in [5.41, 5.74) is 2.13. The Labute approximate surface area is 160 Å². The average molecular weight is 429 g/mol. The Morgan fingerprint density at radius 2 is 1.84 bits per heavy atom. The van der Waals surface area contributed by atoms with Gasteiger partial charge >= 0.3 is 0 Å². The lowest BCUT2D eigenvalue weighted by atomic mass is 9.96. The summed E-state index contributed by atoms with van der Waals surface area (Å²) >= 11 is 3.51. The maximum Gasteiger partial charge on any atom is 0.205 e. The summed E-state index contributed by atoms with van der Waals surface area (Å²) in [5, 5.41) is 0.737. The molecule has 0 spiro atoms. The van der Waals surface area contributed by atoms with Gasteiger partial charge in [-0.05, 0) is 44.7 Å². The van der Waals surface area contributed by atoms with Crippen LogP contribution in [-0.2, 0) is 14.6 Å². The number of aryl methyl sites for hydroxylation is 1. The van der Waals surface area contributed by atoms with Crippen molar-refractivity contribution >= 4 is 25.8 Å². The van der Waals surface area contributed by atoms with Crippen LogP contribution in [0.2, 0.25) is 0 Å². The SMILES string of the molecule is CCCCC1=C(S(=O)(=O)c2ccc(C)cc2)[C@H](CCC)O[C@H](CBr)C1. The number of hydrogen-bond acceptors (Lipinski definition) is 3. The lowest BCUT2D eigenvalue weighted by molar-refractivity contribution is 0.00935. The standard InChI is InChI=1S/C20H29BrO3S/c1-4-6-8-16-13-17(14-21)24-19(7-5-2)20(16)25(22,23)18-11-9-15(3)10-12-18/h9-12,17,19H,4-8,13-14H2,1-3H3/t17-,19-/m0/s1. The van der Waals surface area contributed by atoms with Gasteiger partial charge in [-0.15, -0.1) is 0 Å². The number of hydrogen-bond donors (Lipinski definition) is 0. The van der Waals surface area contributed by atoms with Gasteiger partial charge in [0.1, 0.15) is 0 Å². The molecule has 0 saturated carbocycles. The van der Waals surface area contributed by atoms with Gasteiger partial charge < -0.3 is 4.74 Å². The molecule has 3 nitrogen and oxygen atoms in total. The van der Waals surface area contributed by atoms with E-state index in [1.54, 1.807) is 12.1 Å². The molecule has 0 amide bonds. The molecular weight excluding hydrogens is 400 g/mol. The Hall–Kier alpha value is -0.650. The number of unbranched alkanes of at least 4 members (excludes halogenated alkanes) is 1. The molecule has 1 aliphatic rings. The highest BCUT2D eigenvalue weighted by Crippen LogP contribution is 2.37. The molecule has 2 atom stereocenters. The Morgan fingerprint density at radius 1 is 1.16 bits per heavy atom. The lowest BCUT2D eigenvalue weighted by Gasteiger charge is -2.33. The first-order valence-electron chi connectivity index (χ1n) is 9.19. The molecule has 1 heterocycles. The van der Waals surface area contributed by atoms with Gasteiger partial charge in [0.05, 0.1) is 22.0 Å². The molecule has 1 aromatic carbocycles. The van der Waals surface area contributed by atoms with Crippen molar-refractivity contribution in [2.45, 2.75) is 76.4 Å². The van der Waals surface area contributed by atoms with Crippen LogP contribution in [0.3, 0.4) is 0 Å². The Morgan fingerprint density at radius 3 is 2.40 bits per heavy atom. The molecule has 0 aliphatic carbocycles. The predicted octanol–water partition coefficient (Wildman–Crippen LogP) is 5.57. The van der Waals surface area contributed by atoms with Crippen molar-refractivity contribution in [2.24, 2.45) is 0 Å². The molecule has 0 radical (unpaired) electrons. The second-order valence-corrected chi connectivity index (χ2v) is 9.35. The topological polar surface area (TPSA) is 43.4 Å². The van der Waals surface area contributed by atoms with E-state index in [9.17, 15) is 8.42 Å². The Bertz CT molecular complexity index is 692. The molecule has 25 heavy (non-hydrogen) atoms. The van der Waals surface area contributed by atoms with Crippen molar-refractivity contribution in [1.29, 1.82) is 0 Å². The van der Waals surface area contributed by atoms with Crippen LogP contribution in [0.15, 0.2) is 39.6 Å². The first kappa shape index (κ1) is 20.7. The van der Waals surface area contributed by atoms with Crippen LogP contribution in [0, 0.1) is 6.92 Å². The predicted molar refractivity (Wildman–Crippen MR) is 107 cm³/mol. The zero-order valence-electron chi connectivity index (χ0n) is 15.4. The van der Waals surface area contributed by atoms with Crippen LogP contribution in [0.1, 0.15) is 57.9 Å². The first-order chi connectivity index (χ1) is 11.9. The molecule has 0 unspecified atom stereocenters. The van der Waals surface area contributed by atoms with Crippen molar-refractivity contribution < 1.29 is 13.2 Å². The second-order valence-electron chi connectivity index (χ2n) is 6.78. The number of halogens is 1. The molecule has 5 heteroatoms. The van der Waals surface area contributed by atoms with E-state index in [-0.39, 0.29) is 12.2 Å². The molecule has 2 rings (SSSR count). The van der Waals surface area contributed by atoms with Gasteiger partial charge in [0.25, 0.3) is 0 Å². The van der Waals surface area contributed by atoms with E-state index in [4.69, 9.17) is 4.74 Å². The van der Waals surface area contributed by atoms with Gasteiger partial charge in [0, 0.05) is 5.33 Å². The van der Waals surface area contributed by atoms with E-state index < -0.39 is 9.84 Å². The molecule has 0 fully saturated rings. The number of rotatable bonds is 8. The van der Waals surface area contributed by atoms with Crippen LogP contribution in [-0.4, -0.2) is 26.0 Å². The van der Waals surface area contributed by atoms with Crippen molar-refractivity contribution in [3.8, 4) is 0 Å². The van der Waals surface area contributed by atoms with Gasteiger partial charge in [-0.3, -0.25) is 0 Å². The summed E-state index contributed by atoms with van der Waals surface area (Å²) in [6.07, 6.45) is 4.96. The van der Waals surface area contributed by atoms with Crippen LogP contribution in [0.25, 0.3) is 0 Å². The van der Waals surface area contributed by atoms with E-state index in [2.05, 4.69) is 29.8 Å². The summed E-state index contributed by atoms with van der Waals surface area (Å²) < 4.78 is 33.0. The maximum atomic E-state index is 13.4. The third kappa shape index (κ3) is 4.95. The van der Waals surface area contributed by atoms with Crippen molar-refractivity contribution in [3.05, 3.63) is 40.3 Å². The summed E-state index contributed by atoms with van der Waals surface area (Å²) in [7, 11) is -3.52. The highest BCUT2D eigenvalue weighted by molar-refractivity contribution is 9.09. The average Bonchev–Trinajstić information content (AvgIpc) is 2.60. The maximum absolute atomic E-state index is 13.4. The number of sulfone groups is 1. The van der Waals surface area contributed by atoms with Crippen LogP contribution < -0.4 is 0 Å². The van der Waals surface area contributed by atoms with E-state index in [1.807, 2.05) is 19.1 Å². The zero-order chi connectivity index (χ0) is 18.4. The van der Waals surface area contributed by atoms with Gasteiger partial charge in [-0.25, -0.2) is 8.42 Å². The summed E-state index contributed by atoms with van der Waals surface area (Å²) in [5.74, 6) is 0. The lowest BCUT2D eigenvalue weighted by Crippen LogP contribution is -2.34. The molecule has 1 aliphatic heterocycles. The third-order valence-corrected chi connectivity index (χ3v) is 7.39. The summed E-state index contributed by atoms with van der Waals surface area (Å²) in [6, 6.07) is 7.15. The fourth-order valence-electron chi connectivity index (χ4n) is 3.32. The normalized spacial score (nSPS) is 21.6. The van der Waals surface area contributed by atoms with E-state index in [0.29, 0.717) is 16.2 Å². The minimum Gasteiger partial charge on any atom is -0.368 e. The van der Waals surface area contributed by atoms with Crippen molar-refractivity contribution in [3.63, 3.8) is 0 Å². The smallest absolute Gasteiger partial charge is 0.205 e. The number of benzene rings is 1. The summed E-state index contributed by atoms with van der Waals surface area (Å²) in [6.45, 7) is 6.18. The number of ether oxygens (including phenoxy) is 1. The monoisotopic (exact) mass is 428 g/mol. The molecule has 0 saturated heterocycles. The molecule has 0 bridgehead atoms. The van der Waals surface area contributed by atoms with E-state index >= 15 is 0 Å². The van der Waals surface area contributed by atoms with E-state index in [1.165, 1.54) is 0 Å². The highest BCUT2D eigenvalue weighted by Gasteiger charge is 2.36. The Balaban J connectivity index is 2.53. The zero-order valence-corrected chi connectivity index (χ0v) is 17.8. The van der Waals surface area contributed by atoms with E-state index in [0.717, 1.165) is 48.6 Å². The second kappa shape index (κ2) is 9.33. The van der Waals surface area contributed by atoms with Gasteiger partial charge in [-0.2, -0.15) is 0 Å². The van der Waals surface area contributed by atoms with Crippen LogP contribution >= 0.6 is 15.9 Å². The molecule has 140 valence electrons. The first-order valence-corrected chi connectivity index (χ1v) is 11.8. The molecule has 1 aromatic rings. The quantitative estimate of drug-likeness (QED) is 0.508. The highest BCUT2D eigenvalue weighted by atomic mass is 79.9. The largest absolute Gasteiger partial charge is 0.368 e. The van der Waals surface area contributed by atoms with Gasteiger partial charge in [0.2, 0.25) is 9.84 Å². The Kier molecular flexibility index (Phi) is 7.71. The van der Waals surface area contributed by atoms with Crippen LogP contribution in [0.5, 0.6) is 0 Å². The minimum atomic E-state index is -3.52. The minimum absolute atomic E-state index is 0.0559. The fourth-order valence-corrected chi connectivity index (χ4v) is 5.54. The number of alkyl halides is 1. The van der Waals surface area contributed by atoms with Gasteiger partial charge in [-0.1, -0.05) is 65.9 Å². The van der Waals surface area contributed by atoms with Gasteiger partial charge in [0.15, 0.2) is 0 Å². The fraction of sp³-hybridized carbons (Fsp3) is 0.600. The molecule has 0 aromatic heterocycles. The van der Waals surface area contributed by atoms with Crippen LogP contribution in [0.4, 0.5) is 0 Å². The van der Waals surface area contributed by atoms with Crippen molar-refractivity contribution in [2.75, 3.05) is 5.33 Å². The third-order valence-electron chi connectivity index (χ3n) is 4.65. The summed E-state index contributed by atoms with van der Waals surface area (Å²) in [4.78, 5) is 0.910. The van der Waals surface area contributed by atoms with Crippen molar-refractivity contribution in [1.82, 2.24) is 0 Å². The molecular formula is C20H29BrO3S.